The summed E-state index contributed by atoms with van der Waals surface area (Å²) in [4.78, 5) is 2.34. The maximum Gasteiger partial charge on any atom is 0.123 e. The maximum atomic E-state index is 13.2. The summed E-state index contributed by atoms with van der Waals surface area (Å²) in [5.74, 6) is -0.235. The molecule has 3 N–H and O–H groups in total. The van der Waals surface area contributed by atoms with Crippen molar-refractivity contribution in [2.45, 2.75) is 44.2 Å². The Morgan fingerprint density at radius 2 is 2.05 bits per heavy atom. The normalized spacial score (nSPS) is 17.8. The fraction of sp³-hybridized carbons (Fsp3) is 0.625. The first-order valence-corrected chi connectivity index (χ1v) is 7.56. The molecule has 1 fully saturated rings. The van der Waals surface area contributed by atoms with Gasteiger partial charge >= 0.3 is 0 Å². The smallest absolute Gasteiger partial charge is 0.123 e. The molecule has 20 heavy (non-hydrogen) atoms. The van der Waals surface area contributed by atoms with Crippen LogP contribution in [-0.4, -0.2) is 35.7 Å². The predicted octanol–water partition coefficient (Wildman–Crippen LogP) is 2.45. The molecule has 0 spiro atoms. The van der Waals surface area contributed by atoms with Crippen LogP contribution in [0.15, 0.2) is 24.3 Å². The average molecular weight is 280 g/mol. The van der Waals surface area contributed by atoms with Gasteiger partial charge in [-0.15, -0.1) is 0 Å². The fourth-order valence-electron chi connectivity index (χ4n) is 3.08. The van der Waals surface area contributed by atoms with Crippen LogP contribution in [0.25, 0.3) is 0 Å². The van der Waals surface area contributed by atoms with Crippen molar-refractivity contribution < 1.29 is 9.50 Å². The second-order valence-electron chi connectivity index (χ2n) is 5.65. The van der Waals surface area contributed by atoms with Crippen LogP contribution in [0.1, 0.15) is 43.7 Å². The lowest BCUT2D eigenvalue weighted by Gasteiger charge is -2.29. The summed E-state index contributed by atoms with van der Waals surface area (Å²) in [6.45, 7) is 1.76. The van der Waals surface area contributed by atoms with Gasteiger partial charge in [0.25, 0.3) is 0 Å². The second-order valence-corrected chi connectivity index (χ2v) is 5.65. The maximum absolute atomic E-state index is 13.2. The first-order valence-electron chi connectivity index (χ1n) is 7.56. The van der Waals surface area contributed by atoms with E-state index in [9.17, 15) is 9.50 Å². The van der Waals surface area contributed by atoms with Crippen LogP contribution in [0.5, 0.6) is 0 Å². The van der Waals surface area contributed by atoms with E-state index in [0.29, 0.717) is 12.6 Å². The fourth-order valence-corrected chi connectivity index (χ4v) is 3.08. The molecule has 112 valence electrons. The van der Waals surface area contributed by atoms with E-state index in [1.807, 2.05) is 6.07 Å². The molecule has 0 aliphatic heterocycles. The molecular weight excluding hydrogens is 255 g/mol. The van der Waals surface area contributed by atoms with Gasteiger partial charge in [-0.2, -0.15) is 0 Å². The minimum atomic E-state index is -0.235. The SMILES string of the molecule is NC(CCN(CCO)C1CCCC1)c1cccc(F)c1. The molecule has 1 aliphatic carbocycles. The van der Waals surface area contributed by atoms with E-state index in [0.717, 1.165) is 18.5 Å². The minimum absolute atomic E-state index is 0.145. The third-order valence-electron chi connectivity index (χ3n) is 4.23. The van der Waals surface area contributed by atoms with Crippen LogP contribution in [0.2, 0.25) is 0 Å². The Labute approximate surface area is 120 Å². The molecule has 0 amide bonds. The van der Waals surface area contributed by atoms with Crippen molar-refractivity contribution in [1.29, 1.82) is 0 Å². The van der Waals surface area contributed by atoms with E-state index in [1.54, 1.807) is 6.07 Å². The molecule has 3 nitrogen and oxygen atoms in total. The van der Waals surface area contributed by atoms with Crippen LogP contribution >= 0.6 is 0 Å². The molecule has 4 heteroatoms. The zero-order chi connectivity index (χ0) is 14.4. The molecule has 1 aromatic carbocycles. The number of hydrogen-bond acceptors (Lipinski definition) is 3. The van der Waals surface area contributed by atoms with E-state index >= 15 is 0 Å². The van der Waals surface area contributed by atoms with Gasteiger partial charge in [-0.05, 0) is 37.0 Å². The Hall–Kier alpha value is -0.970. The molecule has 0 aromatic heterocycles. The molecule has 1 saturated carbocycles. The number of aliphatic hydroxyl groups excluding tert-OH is 1. The summed E-state index contributed by atoms with van der Waals surface area (Å²) in [6.07, 6.45) is 5.79. The van der Waals surface area contributed by atoms with Gasteiger partial charge < -0.3 is 10.8 Å². The Morgan fingerprint density at radius 1 is 1.30 bits per heavy atom. The Balaban J connectivity index is 1.87. The number of rotatable bonds is 7. The lowest BCUT2D eigenvalue weighted by Crippen LogP contribution is -2.37. The summed E-state index contributed by atoms with van der Waals surface area (Å²) >= 11 is 0. The van der Waals surface area contributed by atoms with E-state index in [1.165, 1.54) is 37.8 Å². The van der Waals surface area contributed by atoms with Crippen molar-refractivity contribution in [2.75, 3.05) is 19.7 Å². The molecule has 1 aromatic rings. The number of nitrogens with zero attached hydrogens (tertiary/aromatic N) is 1. The molecule has 1 unspecified atom stereocenters. The summed E-state index contributed by atoms with van der Waals surface area (Å²) in [7, 11) is 0. The van der Waals surface area contributed by atoms with Crippen molar-refractivity contribution in [3.63, 3.8) is 0 Å². The van der Waals surface area contributed by atoms with Crippen LogP contribution in [0.4, 0.5) is 4.39 Å². The van der Waals surface area contributed by atoms with E-state index in [-0.39, 0.29) is 18.5 Å². The van der Waals surface area contributed by atoms with Crippen LogP contribution in [0, 0.1) is 5.82 Å². The molecule has 1 aliphatic rings. The first-order chi connectivity index (χ1) is 9.70. The highest BCUT2D eigenvalue weighted by atomic mass is 19.1. The third-order valence-corrected chi connectivity index (χ3v) is 4.23. The van der Waals surface area contributed by atoms with Gasteiger partial charge in [0, 0.05) is 25.2 Å². The van der Waals surface area contributed by atoms with Gasteiger partial charge in [0.05, 0.1) is 6.61 Å². The highest BCUT2D eigenvalue weighted by Crippen LogP contribution is 2.24. The van der Waals surface area contributed by atoms with Crippen molar-refractivity contribution in [1.82, 2.24) is 4.90 Å². The topological polar surface area (TPSA) is 49.5 Å². The quantitative estimate of drug-likeness (QED) is 0.806. The molecule has 0 heterocycles. The number of nitrogens with two attached hydrogens (primary N) is 1. The molecule has 1 atom stereocenters. The van der Waals surface area contributed by atoms with E-state index in [4.69, 9.17) is 5.73 Å². The summed E-state index contributed by atoms with van der Waals surface area (Å²) in [5.41, 5.74) is 7.00. The highest BCUT2D eigenvalue weighted by Gasteiger charge is 2.22. The Morgan fingerprint density at radius 3 is 2.70 bits per heavy atom. The van der Waals surface area contributed by atoms with E-state index in [2.05, 4.69) is 4.90 Å². The van der Waals surface area contributed by atoms with Gasteiger partial charge in [0.2, 0.25) is 0 Å². The van der Waals surface area contributed by atoms with Crippen molar-refractivity contribution in [3.8, 4) is 0 Å². The minimum Gasteiger partial charge on any atom is -0.395 e. The second kappa shape index (κ2) is 7.72. The molecule has 0 bridgehead atoms. The summed E-state index contributed by atoms with van der Waals surface area (Å²) in [5, 5.41) is 9.19. The van der Waals surface area contributed by atoms with Crippen LogP contribution in [0.3, 0.4) is 0 Å². The van der Waals surface area contributed by atoms with Gasteiger partial charge in [0.15, 0.2) is 0 Å². The van der Waals surface area contributed by atoms with Gasteiger partial charge in [-0.25, -0.2) is 4.39 Å². The van der Waals surface area contributed by atoms with Crippen molar-refractivity contribution >= 4 is 0 Å². The Kier molecular flexibility index (Phi) is 5.95. The Bertz CT molecular complexity index is 407. The summed E-state index contributed by atoms with van der Waals surface area (Å²) in [6, 6.07) is 6.96. The lowest BCUT2D eigenvalue weighted by atomic mass is 10.0. The number of aliphatic hydroxyl groups is 1. The number of benzene rings is 1. The van der Waals surface area contributed by atoms with Crippen LogP contribution in [-0.2, 0) is 0 Å². The monoisotopic (exact) mass is 280 g/mol. The zero-order valence-electron chi connectivity index (χ0n) is 12.0. The van der Waals surface area contributed by atoms with Gasteiger partial charge in [0.1, 0.15) is 5.82 Å². The third kappa shape index (κ3) is 4.27. The highest BCUT2D eigenvalue weighted by molar-refractivity contribution is 5.19. The van der Waals surface area contributed by atoms with Gasteiger partial charge in [-0.1, -0.05) is 25.0 Å². The number of hydrogen-bond donors (Lipinski definition) is 2. The van der Waals surface area contributed by atoms with Crippen molar-refractivity contribution in [3.05, 3.63) is 35.6 Å². The standard InChI is InChI=1S/C16H25FN2O/c17-14-5-3-4-13(12-14)16(18)8-9-19(10-11-20)15-6-1-2-7-15/h3-5,12,15-16,20H,1-2,6-11,18H2. The van der Waals surface area contributed by atoms with Crippen LogP contribution < -0.4 is 5.73 Å². The summed E-state index contributed by atoms with van der Waals surface area (Å²) < 4.78 is 13.2. The van der Waals surface area contributed by atoms with Gasteiger partial charge in [-0.3, -0.25) is 4.90 Å². The molecule has 0 radical (unpaired) electrons. The predicted molar refractivity (Wildman–Crippen MR) is 78.9 cm³/mol. The number of halogens is 1. The molecule has 0 saturated heterocycles. The molecular formula is C16H25FN2O. The average Bonchev–Trinajstić information content (AvgIpc) is 2.97. The first kappa shape index (κ1) is 15.4. The zero-order valence-corrected chi connectivity index (χ0v) is 12.0. The lowest BCUT2D eigenvalue weighted by molar-refractivity contribution is 0.147. The van der Waals surface area contributed by atoms with E-state index < -0.39 is 0 Å². The molecule has 2 rings (SSSR count). The largest absolute Gasteiger partial charge is 0.395 e. The van der Waals surface area contributed by atoms with Crippen molar-refractivity contribution in [2.24, 2.45) is 5.73 Å².